The number of hydroxylamine groups is 1. The van der Waals surface area contributed by atoms with Crippen LogP contribution >= 0.6 is 23.1 Å². The number of thioether (sulfide) groups is 1. The number of aliphatic imine (C=N–C) groups is 1. The molecule has 0 bridgehead atoms. The first-order valence-corrected chi connectivity index (χ1v) is 11.3. The summed E-state index contributed by atoms with van der Waals surface area (Å²) < 4.78 is 7.10. The Kier molecular flexibility index (Phi) is 9.49. The van der Waals surface area contributed by atoms with Crippen molar-refractivity contribution in [1.29, 1.82) is 0 Å². The Morgan fingerprint density at radius 2 is 2.14 bits per heavy atom. The molecule has 0 spiro atoms. The lowest BCUT2D eigenvalue weighted by atomic mass is 9.89. The van der Waals surface area contributed by atoms with Gasteiger partial charge in [-0.3, -0.25) is 15.0 Å². The van der Waals surface area contributed by atoms with E-state index in [0.717, 1.165) is 53.5 Å². The number of carbonyl (C=O) groups excluding carboxylic acids is 1. The predicted octanol–water partition coefficient (Wildman–Crippen LogP) is 2.76. The lowest BCUT2D eigenvalue weighted by Gasteiger charge is -2.25. The molecule has 8 nitrogen and oxygen atoms in total. The predicted molar refractivity (Wildman–Crippen MR) is 115 cm³/mol. The summed E-state index contributed by atoms with van der Waals surface area (Å²) in [5.74, 6) is 1.21. The number of aromatic nitrogens is 1. The average molecular weight is 430 g/mol. The zero-order valence-electron chi connectivity index (χ0n) is 16.8. The molecule has 2 heterocycles. The molecule has 1 aromatic rings. The van der Waals surface area contributed by atoms with E-state index in [-0.39, 0.29) is 23.8 Å². The molecule has 0 radical (unpaired) electrons. The summed E-state index contributed by atoms with van der Waals surface area (Å²) in [5.41, 5.74) is 1.73. The van der Waals surface area contributed by atoms with Crippen LogP contribution in [-0.4, -0.2) is 60.0 Å². The zero-order valence-corrected chi connectivity index (χ0v) is 18.4. The Bertz CT molecular complexity index is 645. The van der Waals surface area contributed by atoms with Crippen LogP contribution < -0.4 is 16.1 Å². The number of unbranched alkanes of at least 4 members (excludes halogenated alkanes) is 1. The van der Waals surface area contributed by atoms with Crippen LogP contribution in [0.25, 0.3) is 0 Å². The molecule has 0 saturated carbocycles. The van der Waals surface area contributed by atoms with Gasteiger partial charge in [0.15, 0.2) is 11.0 Å². The summed E-state index contributed by atoms with van der Waals surface area (Å²) in [6, 6.07) is 0. The minimum Gasteiger partial charge on any atom is -0.475 e. The number of anilines is 1. The maximum atomic E-state index is 10.8. The van der Waals surface area contributed by atoms with Crippen LogP contribution in [0, 0.1) is 5.41 Å². The van der Waals surface area contributed by atoms with Gasteiger partial charge in [0.2, 0.25) is 5.91 Å². The van der Waals surface area contributed by atoms with Gasteiger partial charge in [-0.1, -0.05) is 32.1 Å². The summed E-state index contributed by atoms with van der Waals surface area (Å²) in [4.78, 5) is 19.8. The van der Waals surface area contributed by atoms with Crippen molar-refractivity contribution < 1.29 is 14.7 Å². The molecule has 28 heavy (non-hydrogen) atoms. The van der Waals surface area contributed by atoms with Crippen molar-refractivity contribution in [1.82, 2.24) is 15.8 Å². The van der Waals surface area contributed by atoms with E-state index in [1.807, 2.05) is 6.20 Å². The standard InChI is InChI=1S/C18H31N5O3S2/c1-18(2,3)13-10-21-15(26-13)12-27-16-11-22-17(28-16)20-8-5-4-7-19-9-6-14(24)23-25/h11,13,19,25H,4-10,12H2,1-3H3,(H,20,22)(H,23,24). The number of rotatable bonds is 12. The van der Waals surface area contributed by atoms with Crippen LogP contribution in [-0.2, 0) is 9.53 Å². The Morgan fingerprint density at radius 1 is 1.36 bits per heavy atom. The number of ether oxygens (including phenoxy) is 1. The third-order valence-electron chi connectivity index (χ3n) is 4.21. The largest absolute Gasteiger partial charge is 0.475 e. The van der Waals surface area contributed by atoms with Gasteiger partial charge in [-0.15, -0.1) is 11.8 Å². The molecule has 1 aromatic heterocycles. The van der Waals surface area contributed by atoms with Crippen molar-refractivity contribution >= 4 is 40.0 Å². The molecule has 1 aliphatic rings. The SMILES string of the molecule is CC(C)(C)C1CN=C(CSc2cnc(NCCCCNCCC(=O)NO)s2)O1. The number of hydrogen-bond donors (Lipinski definition) is 4. The van der Waals surface area contributed by atoms with E-state index >= 15 is 0 Å². The minimum atomic E-state index is -0.368. The molecule has 4 N–H and O–H groups in total. The molecule has 1 unspecified atom stereocenters. The van der Waals surface area contributed by atoms with Gasteiger partial charge < -0.3 is 15.4 Å². The first-order valence-electron chi connectivity index (χ1n) is 9.54. The molecule has 0 saturated heterocycles. The van der Waals surface area contributed by atoms with Gasteiger partial charge in [-0.2, -0.15) is 0 Å². The fourth-order valence-corrected chi connectivity index (χ4v) is 4.22. The molecule has 10 heteroatoms. The monoisotopic (exact) mass is 429 g/mol. The molecule has 1 amide bonds. The zero-order chi connectivity index (χ0) is 20.4. The van der Waals surface area contributed by atoms with Gasteiger partial charge in [0.05, 0.1) is 22.7 Å². The molecule has 0 fully saturated rings. The number of hydrogen-bond acceptors (Lipinski definition) is 9. The topological polar surface area (TPSA) is 108 Å². The van der Waals surface area contributed by atoms with E-state index in [0.29, 0.717) is 6.54 Å². The van der Waals surface area contributed by atoms with Crippen molar-refractivity contribution in [2.24, 2.45) is 10.4 Å². The van der Waals surface area contributed by atoms with E-state index < -0.39 is 0 Å². The van der Waals surface area contributed by atoms with Crippen molar-refractivity contribution in [2.45, 2.75) is 50.3 Å². The number of nitrogens with one attached hydrogen (secondary N) is 3. The van der Waals surface area contributed by atoms with Gasteiger partial charge >= 0.3 is 0 Å². The van der Waals surface area contributed by atoms with E-state index in [2.05, 4.69) is 41.4 Å². The van der Waals surface area contributed by atoms with Gasteiger partial charge in [-0.25, -0.2) is 10.5 Å². The van der Waals surface area contributed by atoms with Crippen LogP contribution in [0.2, 0.25) is 0 Å². The van der Waals surface area contributed by atoms with Gasteiger partial charge in [0.25, 0.3) is 0 Å². The Labute approximate surface area is 174 Å². The Morgan fingerprint density at radius 3 is 2.86 bits per heavy atom. The number of amides is 1. The molecule has 1 atom stereocenters. The molecule has 158 valence electrons. The van der Waals surface area contributed by atoms with Crippen molar-refractivity contribution in [3.8, 4) is 0 Å². The van der Waals surface area contributed by atoms with Crippen LogP contribution in [0.4, 0.5) is 5.13 Å². The minimum absolute atomic E-state index is 0.112. The van der Waals surface area contributed by atoms with E-state index in [1.165, 1.54) is 0 Å². The van der Waals surface area contributed by atoms with Crippen molar-refractivity contribution in [3.05, 3.63) is 6.20 Å². The lowest BCUT2D eigenvalue weighted by molar-refractivity contribution is -0.129. The summed E-state index contributed by atoms with van der Waals surface area (Å²) in [6.45, 7) is 9.55. The summed E-state index contributed by atoms with van der Waals surface area (Å²) in [6.07, 6.45) is 4.36. The van der Waals surface area contributed by atoms with Gasteiger partial charge in [-0.05, 0) is 19.4 Å². The van der Waals surface area contributed by atoms with Crippen LogP contribution in [0.3, 0.4) is 0 Å². The maximum absolute atomic E-state index is 10.8. The lowest BCUT2D eigenvalue weighted by Crippen LogP contribution is -2.29. The third-order valence-corrected chi connectivity index (χ3v) is 6.34. The van der Waals surface area contributed by atoms with Crippen molar-refractivity contribution in [2.75, 3.05) is 37.2 Å². The normalized spacial score (nSPS) is 16.6. The highest BCUT2D eigenvalue weighted by Crippen LogP contribution is 2.31. The highest BCUT2D eigenvalue weighted by Gasteiger charge is 2.31. The first-order chi connectivity index (χ1) is 13.4. The second-order valence-electron chi connectivity index (χ2n) is 7.65. The van der Waals surface area contributed by atoms with Crippen LogP contribution in [0.5, 0.6) is 0 Å². The summed E-state index contributed by atoms with van der Waals surface area (Å²) in [7, 11) is 0. The van der Waals surface area contributed by atoms with Crippen molar-refractivity contribution in [3.63, 3.8) is 0 Å². The number of nitrogens with zero attached hydrogens (tertiary/aromatic N) is 2. The van der Waals surface area contributed by atoms with Gasteiger partial charge in [0.1, 0.15) is 6.10 Å². The fraction of sp³-hybridized carbons (Fsp3) is 0.722. The second kappa shape index (κ2) is 11.6. The summed E-state index contributed by atoms with van der Waals surface area (Å²) >= 11 is 3.35. The molecule has 0 aromatic carbocycles. The fourth-order valence-electron chi connectivity index (χ4n) is 2.45. The highest BCUT2D eigenvalue weighted by atomic mass is 32.2. The molecule has 1 aliphatic heterocycles. The van der Waals surface area contributed by atoms with Crippen LogP contribution in [0.15, 0.2) is 15.4 Å². The van der Waals surface area contributed by atoms with Gasteiger partial charge in [0, 0.05) is 24.9 Å². The molecule has 2 rings (SSSR count). The molecular weight excluding hydrogens is 398 g/mol. The maximum Gasteiger partial charge on any atom is 0.244 e. The Balaban J connectivity index is 1.54. The molecular formula is C18H31N5O3S2. The Hall–Kier alpha value is -1.36. The quantitative estimate of drug-likeness (QED) is 0.175. The highest BCUT2D eigenvalue weighted by molar-refractivity contribution is 8.01. The number of thiazole rings is 1. The first kappa shape index (κ1) is 22.9. The van der Waals surface area contributed by atoms with Crippen LogP contribution in [0.1, 0.15) is 40.0 Å². The molecule has 0 aliphatic carbocycles. The van der Waals surface area contributed by atoms with E-state index in [4.69, 9.17) is 9.94 Å². The number of carbonyl (C=O) groups is 1. The summed E-state index contributed by atoms with van der Waals surface area (Å²) in [5, 5.41) is 15.8. The average Bonchev–Trinajstić information content (AvgIpc) is 3.31. The second-order valence-corrected chi connectivity index (χ2v) is 9.96. The van der Waals surface area contributed by atoms with E-state index in [9.17, 15) is 4.79 Å². The smallest absolute Gasteiger partial charge is 0.244 e. The van der Waals surface area contributed by atoms with E-state index in [1.54, 1.807) is 28.6 Å². The third kappa shape index (κ3) is 8.34.